The lowest BCUT2D eigenvalue weighted by Gasteiger charge is -2.22. The van der Waals surface area contributed by atoms with Crippen LogP contribution in [0, 0.1) is 5.92 Å². The monoisotopic (exact) mass is 310 g/mol. The van der Waals surface area contributed by atoms with Crippen molar-refractivity contribution < 1.29 is 4.74 Å². The fraction of sp³-hybridized carbons (Fsp3) is 0.625. The van der Waals surface area contributed by atoms with Crippen LogP contribution in [-0.2, 0) is 6.42 Å². The summed E-state index contributed by atoms with van der Waals surface area (Å²) >= 11 is 3.91. The first-order chi connectivity index (χ1) is 8.76. The molecule has 18 heavy (non-hydrogen) atoms. The first-order valence-corrected chi connectivity index (χ1v) is 8.07. The molecular weight excluding hydrogens is 288 g/mol. The highest BCUT2D eigenvalue weighted by Gasteiger charge is 2.21. The zero-order valence-corrected chi connectivity index (χ0v) is 13.0. The van der Waals surface area contributed by atoms with E-state index in [2.05, 4.69) is 48.0 Å². The summed E-state index contributed by atoms with van der Waals surface area (Å²) in [5.41, 5.74) is 2.80. The molecule has 0 saturated heterocycles. The summed E-state index contributed by atoms with van der Waals surface area (Å²) in [6, 6.07) is 6.69. The number of benzene rings is 1. The van der Waals surface area contributed by atoms with Crippen molar-refractivity contribution in [3.05, 3.63) is 29.3 Å². The molecule has 0 aromatic heterocycles. The molecule has 0 amide bonds. The molecule has 0 aliphatic carbocycles. The minimum atomic E-state index is 0.486. The smallest absolute Gasteiger partial charge is 0.122 e. The van der Waals surface area contributed by atoms with Gasteiger partial charge in [0, 0.05) is 11.2 Å². The predicted octanol–water partition coefficient (Wildman–Crippen LogP) is 5.27. The molecular formula is C16H23BrO. The van der Waals surface area contributed by atoms with Crippen LogP contribution in [0.4, 0.5) is 0 Å². The van der Waals surface area contributed by atoms with Crippen LogP contribution < -0.4 is 4.74 Å². The third-order valence-corrected chi connectivity index (χ3v) is 5.17. The Bertz CT molecular complexity index is 389. The molecule has 0 N–H and O–H groups in total. The fourth-order valence-corrected chi connectivity index (χ4v) is 3.60. The second kappa shape index (κ2) is 6.60. The van der Waals surface area contributed by atoms with E-state index in [-0.39, 0.29) is 0 Å². The van der Waals surface area contributed by atoms with E-state index >= 15 is 0 Å². The van der Waals surface area contributed by atoms with E-state index in [0.717, 1.165) is 24.7 Å². The average Bonchev–Trinajstić information content (AvgIpc) is 2.86. The molecule has 2 atom stereocenters. The number of ether oxygens (including phenoxy) is 1. The molecule has 0 spiro atoms. The molecule has 2 unspecified atom stereocenters. The van der Waals surface area contributed by atoms with Crippen LogP contribution in [0.15, 0.2) is 18.2 Å². The van der Waals surface area contributed by atoms with Crippen LogP contribution in [0.1, 0.15) is 55.5 Å². The molecule has 0 radical (unpaired) electrons. The Morgan fingerprint density at radius 1 is 1.33 bits per heavy atom. The standard InChI is InChI=1S/C16H23BrO/c1-3-5-6-12(4-2)16(17)14-7-8-15-13(11-14)9-10-18-15/h7-8,11-12,16H,3-6,9-10H2,1-2H3. The number of halogens is 1. The molecule has 1 aliphatic rings. The molecule has 2 heteroatoms. The Morgan fingerprint density at radius 3 is 2.89 bits per heavy atom. The zero-order valence-electron chi connectivity index (χ0n) is 11.4. The molecule has 1 aromatic carbocycles. The van der Waals surface area contributed by atoms with E-state index in [0.29, 0.717) is 4.83 Å². The van der Waals surface area contributed by atoms with Crippen molar-refractivity contribution in [3.8, 4) is 5.75 Å². The Labute approximate surface area is 119 Å². The summed E-state index contributed by atoms with van der Waals surface area (Å²) in [5, 5.41) is 0. The van der Waals surface area contributed by atoms with Gasteiger partial charge in [0.05, 0.1) is 6.61 Å². The Morgan fingerprint density at radius 2 is 2.17 bits per heavy atom. The molecule has 1 aromatic rings. The maximum Gasteiger partial charge on any atom is 0.122 e. The summed E-state index contributed by atoms with van der Waals surface area (Å²) in [6.07, 6.45) is 6.23. The Kier molecular flexibility index (Phi) is 5.11. The second-order valence-electron chi connectivity index (χ2n) is 5.18. The summed E-state index contributed by atoms with van der Waals surface area (Å²) < 4.78 is 5.57. The highest BCUT2D eigenvalue weighted by atomic mass is 79.9. The number of fused-ring (bicyclic) bond motifs is 1. The minimum absolute atomic E-state index is 0.486. The van der Waals surface area contributed by atoms with Crippen LogP contribution in [-0.4, -0.2) is 6.61 Å². The molecule has 0 saturated carbocycles. The van der Waals surface area contributed by atoms with Crippen LogP contribution in [0.5, 0.6) is 5.75 Å². The predicted molar refractivity (Wildman–Crippen MR) is 80.6 cm³/mol. The molecule has 0 bridgehead atoms. The van der Waals surface area contributed by atoms with Gasteiger partial charge in [-0.3, -0.25) is 0 Å². The van der Waals surface area contributed by atoms with Gasteiger partial charge in [-0.1, -0.05) is 61.2 Å². The maximum absolute atomic E-state index is 5.57. The second-order valence-corrected chi connectivity index (χ2v) is 6.16. The van der Waals surface area contributed by atoms with E-state index in [4.69, 9.17) is 4.74 Å². The van der Waals surface area contributed by atoms with Crippen LogP contribution in [0.3, 0.4) is 0 Å². The van der Waals surface area contributed by atoms with Gasteiger partial charge in [-0.05, 0) is 29.5 Å². The Hall–Kier alpha value is -0.500. The SMILES string of the molecule is CCCCC(CC)C(Br)c1ccc2c(c1)CCO2. The molecule has 0 fully saturated rings. The van der Waals surface area contributed by atoms with Gasteiger partial charge < -0.3 is 4.74 Å². The molecule has 100 valence electrons. The fourth-order valence-electron chi connectivity index (χ4n) is 2.67. The normalized spacial score (nSPS) is 17.1. The quantitative estimate of drug-likeness (QED) is 0.650. The minimum Gasteiger partial charge on any atom is -0.493 e. The van der Waals surface area contributed by atoms with E-state index in [1.807, 2.05) is 0 Å². The van der Waals surface area contributed by atoms with Crippen molar-refractivity contribution in [2.75, 3.05) is 6.61 Å². The number of hydrogen-bond acceptors (Lipinski definition) is 1. The van der Waals surface area contributed by atoms with E-state index in [1.165, 1.54) is 36.8 Å². The summed E-state index contributed by atoms with van der Waals surface area (Å²) in [7, 11) is 0. The molecule has 1 aliphatic heterocycles. The molecule has 2 rings (SSSR count). The largest absolute Gasteiger partial charge is 0.493 e. The lowest BCUT2D eigenvalue weighted by atomic mass is 9.91. The molecule has 1 heterocycles. The summed E-state index contributed by atoms with van der Waals surface area (Å²) in [6.45, 7) is 5.41. The first kappa shape index (κ1) is 13.9. The summed E-state index contributed by atoms with van der Waals surface area (Å²) in [4.78, 5) is 0.486. The van der Waals surface area contributed by atoms with Gasteiger partial charge in [0.25, 0.3) is 0 Å². The van der Waals surface area contributed by atoms with Gasteiger partial charge in [0.1, 0.15) is 5.75 Å². The third kappa shape index (κ3) is 3.09. The maximum atomic E-state index is 5.57. The molecule has 1 nitrogen and oxygen atoms in total. The van der Waals surface area contributed by atoms with Gasteiger partial charge in [0.2, 0.25) is 0 Å². The third-order valence-electron chi connectivity index (χ3n) is 3.90. The van der Waals surface area contributed by atoms with Crippen LogP contribution >= 0.6 is 15.9 Å². The highest BCUT2D eigenvalue weighted by Crippen LogP contribution is 2.38. The van der Waals surface area contributed by atoms with E-state index in [1.54, 1.807) is 0 Å². The first-order valence-electron chi connectivity index (χ1n) is 7.16. The number of unbranched alkanes of at least 4 members (excludes halogenated alkanes) is 1. The van der Waals surface area contributed by atoms with Crippen molar-refractivity contribution >= 4 is 15.9 Å². The lowest BCUT2D eigenvalue weighted by molar-refractivity contribution is 0.356. The van der Waals surface area contributed by atoms with Crippen molar-refractivity contribution in [1.29, 1.82) is 0 Å². The number of hydrogen-bond donors (Lipinski definition) is 0. The van der Waals surface area contributed by atoms with Gasteiger partial charge >= 0.3 is 0 Å². The number of rotatable bonds is 6. The average molecular weight is 311 g/mol. The zero-order chi connectivity index (χ0) is 13.0. The van der Waals surface area contributed by atoms with Crippen LogP contribution in [0.25, 0.3) is 0 Å². The van der Waals surface area contributed by atoms with Gasteiger partial charge in [0.15, 0.2) is 0 Å². The summed E-state index contributed by atoms with van der Waals surface area (Å²) in [5.74, 6) is 1.82. The van der Waals surface area contributed by atoms with E-state index in [9.17, 15) is 0 Å². The van der Waals surface area contributed by atoms with Crippen molar-refractivity contribution in [3.63, 3.8) is 0 Å². The van der Waals surface area contributed by atoms with Crippen molar-refractivity contribution in [2.24, 2.45) is 5.92 Å². The van der Waals surface area contributed by atoms with Crippen LogP contribution in [0.2, 0.25) is 0 Å². The van der Waals surface area contributed by atoms with Gasteiger partial charge in [-0.25, -0.2) is 0 Å². The topological polar surface area (TPSA) is 9.23 Å². The lowest BCUT2D eigenvalue weighted by Crippen LogP contribution is -2.07. The van der Waals surface area contributed by atoms with Crippen molar-refractivity contribution in [1.82, 2.24) is 0 Å². The highest BCUT2D eigenvalue weighted by molar-refractivity contribution is 9.09. The Balaban J connectivity index is 2.09. The van der Waals surface area contributed by atoms with Gasteiger partial charge in [-0.15, -0.1) is 0 Å². The van der Waals surface area contributed by atoms with Crippen molar-refractivity contribution in [2.45, 2.75) is 50.8 Å². The van der Waals surface area contributed by atoms with E-state index < -0.39 is 0 Å². The van der Waals surface area contributed by atoms with Gasteiger partial charge in [-0.2, -0.15) is 0 Å². The number of alkyl halides is 1.